The molecule has 0 saturated heterocycles. The molecule has 0 unspecified atom stereocenters. The molecule has 0 fully saturated rings. The Bertz CT molecular complexity index is 968. The summed E-state index contributed by atoms with van der Waals surface area (Å²) in [5, 5.41) is 12.0. The van der Waals surface area contributed by atoms with Crippen LogP contribution < -0.4 is 5.43 Å². The highest BCUT2D eigenvalue weighted by Crippen LogP contribution is 2.30. The first-order chi connectivity index (χ1) is 13.6. The molecule has 3 rings (SSSR count). The van der Waals surface area contributed by atoms with Crippen molar-refractivity contribution in [3.8, 4) is 0 Å². The zero-order valence-electron chi connectivity index (χ0n) is 14.3. The first-order valence-electron chi connectivity index (χ1n) is 8.00. The van der Waals surface area contributed by atoms with Crippen molar-refractivity contribution in [1.82, 2.24) is 15.6 Å². The number of amides is 1. The minimum atomic E-state index is -0.412. The van der Waals surface area contributed by atoms with Crippen LogP contribution in [0.25, 0.3) is 0 Å². The maximum Gasteiger partial charge on any atom is 0.250 e. The van der Waals surface area contributed by atoms with Gasteiger partial charge in [-0.1, -0.05) is 81.1 Å². The number of benzene rings is 2. The Morgan fingerprint density at radius 3 is 2.71 bits per heavy atom. The van der Waals surface area contributed by atoms with Crippen molar-refractivity contribution in [3.63, 3.8) is 0 Å². The number of halogens is 2. The van der Waals surface area contributed by atoms with Crippen LogP contribution in [0.15, 0.2) is 66.8 Å². The topological polar surface area (TPSA) is 67.2 Å². The third-order valence-electron chi connectivity index (χ3n) is 3.27. The summed E-state index contributed by atoms with van der Waals surface area (Å²) in [6, 6.07) is 14.6. The number of carbonyl (C=O) groups excluding carboxylic acids is 1. The number of carbonyl (C=O) groups is 1. The third kappa shape index (κ3) is 6.69. The van der Waals surface area contributed by atoms with Gasteiger partial charge >= 0.3 is 0 Å². The van der Waals surface area contributed by atoms with Crippen molar-refractivity contribution in [2.24, 2.45) is 5.10 Å². The molecule has 0 bridgehead atoms. The number of nitrogens with one attached hydrogen (secondary N) is 1. The molecule has 28 heavy (non-hydrogen) atoms. The van der Waals surface area contributed by atoms with E-state index in [1.807, 2.05) is 18.2 Å². The minimum Gasteiger partial charge on any atom is -0.272 e. The molecule has 3 aromatic rings. The summed E-state index contributed by atoms with van der Waals surface area (Å²) in [5.41, 5.74) is 3.88. The van der Waals surface area contributed by atoms with Crippen LogP contribution in [0.4, 0.5) is 4.39 Å². The van der Waals surface area contributed by atoms with Gasteiger partial charge < -0.3 is 0 Å². The predicted molar refractivity (Wildman–Crippen MR) is 116 cm³/mol. The average Bonchev–Trinajstić information content (AvgIpc) is 3.16. The smallest absolute Gasteiger partial charge is 0.250 e. The van der Waals surface area contributed by atoms with Crippen LogP contribution in [0.2, 0.25) is 0 Å². The average molecular weight is 497 g/mol. The highest BCUT2D eigenvalue weighted by atomic mass is 79.9. The van der Waals surface area contributed by atoms with E-state index in [2.05, 4.69) is 48.8 Å². The van der Waals surface area contributed by atoms with E-state index < -0.39 is 5.82 Å². The molecule has 0 radical (unpaired) electrons. The molecule has 1 N–H and O–H groups in total. The molecule has 0 aliphatic rings. The van der Waals surface area contributed by atoms with Crippen molar-refractivity contribution in [2.45, 2.75) is 14.4 Å². The Morgan fingerprint density at radius 1 is 1.18 bits per heavy atom. The standard InChI is InChI=1S/C18H14BrFN4OS3/c19-14-6-7-15(20)13(8-14)9-21-22-16(25)11-27-18-24-23-17(28-18)26-10-12-4-2-1-3-5-12/h1-9H,10-11H2,(H,22,25)/b21-9+. The molecule has 0 atom stereocenters. The molecule has 0 saturated carbocycles. The van der Waals surface area contributed by atoms with Crippen LogP contribution >= 0.6 is 50.8 Å². The van der Waals surface area contributed by atoms with Crippen molar-refractivity contribution in [2.75, 3.05) is 5.75 Å². The maximum atomic E-state index is 13.6. The molecule has 5 nitrogen and oxygen atoms in total. The lowest BCUT2D eigenvalue weighted by molar-refractivity contribution is -0.118. The van der Waals surface area contributed by atoms with E-state index >= 15 is 0 Å². The van der Waals surface area contributed by atoms with E-state index in [1.54, 1.807) is 23.9 Å². The molecule has 2 aromatic carbocycles. The Morgan fingerprint density at radius 2 is 1.93 bits per heavy atom. The quantitative estimate of drug-likeness (QED) is 0.270. The van der Waals surface area contributed by atoms with Crippen molar-refractivity contribution in [1.29, 1.82) is 0 Å². The lowest BCUT2D eigenvalue weighted by Crippen LogP contribution is -2.19. The zero-order chi connectivity index (χ0) is 19.8. The molecule has 1 aromatic heterocycles. The highest BCUT2D eigenvalue weighted by Gasteiger charge is 2.09. The summed E-state index contributed by atoms with van der Waals surface area (Å²) in [6.45, 7) is 0. The Kier molecular flexibility index (Phi) is 8.01. The normalized spacial score (nSPS) is 11.1. The van der Waals surface area contributed by atoms with Gasteiger partial charge in [0.2, 0.25) is 0 Å². The Labute approximate surface area is 182 Å². The third-order valence-corrected chi connectivity index (χ3v) is 7.03. The molecule has 1 heterocycles. The number of rotatable bonds is 8. The first-order valence-corrected chi connectivity index (χ1v) is 11.6. The van der Waals surface area contributed by atoms with Crippen LogP contribution in [-0.4, -0.2) is 28.1 Å². The molecular weight excluding hydrogens is 483 g/mol. The molecule has 144 valence electrons. The molecular formula is C18H14BrFN4OS3. The second-order valence-corrected chi connectivity index (χ2v) is 9.69. The lowest BCUT2D eigenvalue weighted by atomic mass is 10.2. The van der Waals surface area contributed by atoms with E-state index in [0.717, 1.165) is 14.6 Å². The fourth-order valence-electron chi connectivity index (χ4n) is 1.98. The summed E-state index contributed by atoms with van der Waals surface area (Å²) < 4.78 is 15.9. The van der Waals surface area contributed by atoms with Crippen LogP contribution in [0.3, 0.4) is 0 Å². The summed E-state index contributed by atoms with van der Waals surface area (Å²) in [4.78, 5) is 11.9. The molecule has 0 aliphatic heterocycles. The van der Waals surface area contributed by atoms with Gasteiger partial charge in [0, 0.05) is 15.8 Å². The van der Waals surface area contributed by atoms with E-state index in [1.165, 1.54) is 40.9 Å². The molecule has 1 amide bonds. The van der Waals surface area contributed by atoms with Crippen LogP contribution in [0.1, 0.15) is 11.1 Å². The van der Waals surface area contributed by atoms with Gasteiger partial charge in [-0.15, -0.1) is 10.2 Å². The van der Waals surface area contributed by atoms with Crippen LogP contribution in [0.5, 0.6) is 0 Å². The van der Waals surface area contributed by atoms with Gasteiger partial charge in [-0.2, -0.15) is 5.10 Å². The summed E-state index contributed by atoms with van der Waals surface area (Å²) >= 11 is 7.61. The van der Waals surface area contributed by atoms with Gasteiger partial charge in [0.05, 0.1) is 12.0 Å². The number of aromatic nitrogens is 2. The maximum absolute atomic E-state index is 13.6. The van der Waals surface area contributed by atoms with Gasteiger partial charge in [-0.3, -0.25) is 4.79 Å². The second kappa shape index (κ2) is 10.7. The van der Waals surface area contributed by atoms with Crippen LogP contribution in [0, 0.1) is 5.82 Å². The number of hydrogen-bond acceptors (Lipinski definition) is 7. The fraction of sp³-hybridized carbons (Fsp3) is 0.111. The fourth-order valence-corrected chi connectivity index (χ4v) is 5.13. The summed E-state index contributed by atoms with van der Waals surface area (Å²) in [6.07, 6.45) is 1.27. The van der Waals surface area contributed by atoms with Gasteiger partial charge in [0.1, 0.15) is 5.82 Å². The van der Waals surface area contributed by atoms with Crippen molar-refractivity contribution < 1.29 is 9.18 Å². The highest BCUT2D eigenvalue weighted by molar-refractivity contribution is 9.10. The SMILES string of the molecule is O=C(CSc1nnc(SCc2ccccc2)s1)N/N=C/c1cc(Br)ccc1F. The summed E-state index contributed by atoms with van der Waals surface area (Å²) in [7, 11) is 0. The van der Waals surface area contributed by atoms with Crippen molar-refractivity contribution in [3.05, 3.63) is 69.9 Å². The van der Waals surface area contributed by atoms with Gasteiger partial charge in [-0.05, 0) is 23.8 Å². The Balaban J connectivity index is 1.43. The van der Waals surface area contributed by atoms with E-state index in [9.17, 15) is 9.18 Å². The van der Waals surface area contributed by atoms with E-state index in [0.29, 0.717) is 4.34 Å². The van der Waals surface area contributed by atoms with E-state index in [4.69, 9.17) is 0 Å². The number of hydrazone groups is 1. The summed E-state index contributed by atoms with van der Waals surface area (Å²) in [5.74, 6) is 0.257. The number of thioether (sulfide) groups is 2. The van der Waals surface area contributed by atoms with Gasteiger partial charge in [0.25, 0.3) is 5.91 Å². The van der Waals surface area contributed by atoms with Gasteiger partial charge in [-0.25, -0.2) is 9.82 Å². The van der Waals surface area contributed by atoms with Gasteiger partial charge in [0.15, 0.2) is 8.68 Å². The first kappa shape index (κ1) is 21.0. The largest absolute Gasteiger partial charge is 0.272 e. The van der Waals surface area contributed by atoms with E-state index in [-0.39, 0.29) is 17.2 Å². The number of nitrogens with zero attached hydrogens (tertiary/aromatic N) is 3. The lowest BCUT2D eigenvalue weighted by Gasteiger charge is -1.99. The number of hydrogen-bond donors (Lipinski definition) is 1. The molecule has 0 aliphatic carbocycles. The van der Waals surface area contributed by atoms with Crippen LogP contribution in [-0.2, 0) is 10.5 Å². The predicted octanol–water partition coefficient (Wildman–Crippen LogP) is 4.97. The molecule has 10 heteroatoms. The molecule has 0 spiro atoms. The monoisotopic (exact) mass is 496 g/mol. The second-order valence-electron chi connectivity index (χ2n) is 5.36. The van der Waals surface area contributed by atoms with Crippen molar-refractivity contribution >= 4 is 62.9 Å². The zero-order valence-corrected chi connectivity index (χ0v) is 18.4. The Hall–Kier alpha value is -1.75. The minimum absolute atomic E-state index is 0.149.